The first-order valence-corrected chi connectivity index (χ1v) is 6.71. The molecule has 0 spiro atoms. The Hall–Kier alpha value is -0.480. The Morgan fingerprint density at radius 2 is 2.57 bits per heavy atom. The molecule has 2 heterocycles. The van der Waals surface area contributed by atoms with Gasteiger partial charge in [0.15, 0.2) is 5.17 Å². The molecular weight excluding hydrogens is 212 g/mol. The van der Waals surface area contributed by atoms with Gasteiger partial charge in [0.25, 0.3) is 0 Å². The molecule has 0 saturated carbocycles. The molecular formula is C10H14N2S2. The van der Waals surface area contributed by atoms with Crippen LogP contribution in [-0.2, 0) is 6.54 Å². The highest BCUT2D eigenvalue weighted by molar-refractivity contribution is 8.14. The fraction of sp³-hybridized carbons (Fsp3) is 0.500. The summed E-state index contributed by atoms with van der Waals surface area (Å²) >= 11 is 3.61. The van der Waals surface area contributed by atoms with Crippen LogP contribution in [0.25, 0.3) is 0 Å². The summed E-state index contributed by atoms with van der Waals surface area (Å²) in [6, 6.07) is 4.83. The molecule has 76 valence electrons. The van der Waals surface area contributed by atoms with Crippen LogP contribution in [-0.4, -0.2) is 17.0 Å². The van der Waals surface area contributed by atoms with E-state index in [0.29, 0.717) is 6.04 Å². The van der Waals surface area contributed by atoms with Crippen LogP contribution in [0.15, 0.2) is 22.5 Å². The molecule has 1 fully saturated rings. The predicted octanol–water partition coefficient (Wildman–Crippen LogP) is 2.72. The van der Waals surface area contributed by atoms with E-state index in [2.05, 4.69) is 34.7 Å². The maximum Gasteiger partial charge on any atom is 0.157 e. The smallest absolute Gasteiger partial charge is 0.157 e. The van der Waals surface area contributed by atoms with Gasteiger partial charge in [0.05, 0.1) is 6.54 Å². The summed E-state index contributed by atoms with van der Waals surface area (Å²) < 4.78 is 0. The molecule has 1 N–H and O–H groups in total. The third-order valence-corrected chi connectivity index (χ3v) is 4.15. The van der Waals surface area contributed by atoms with Crippen molar-refractivity contribution in [2.24, 2.45) is 4.99 Å². The topological polar surface area (TPSA) is 24.4 Å². The minimum Gasteiger partial charge on any atom is -0.361 e. The quantitative estimate of drug-likeness (QED) is 0.857. The number of rotatable bonds is 3. The van der Waals surface area contributed by atoms with Crippen molar-refractivity contribution >= 4 is 28.3 Å². The first kappa shape index (κ1) is 10.1. The molecule has 0 aromatic carbocycles. The average Bonchev–Trinajstić information content (AvgIpc) is 2.86. The molecule has 1 aromatic rings. The van der Waals surface area contributed by atoms with E-state index in [0.717, 1.165) is 11.7 Å². The van der Waals surface area contributed by atoms with Crippen molar-refractivity contribution in [3.8, 4) is 0 Å². The lowest BCUT2D eigenvalue weighted by atomic mass is 10.3. The lowest BCUT2D eigenvalue weighted by Gasteiger charge is -2.04. The zero-order valence-corrected chi connectivity index (χ0v) is 9.83. The van der Waals surface area contributed by atoms with Crippen molar-refractivity contribution < 1.29 is 0 Å². The van der Waals surface area contributed by atoms with Gasteiger partial charge in [-0.05, 0) is 17.9 Å². The maximum absolute atomic E-state index is 4.54. The number of hydrogen-bond donors (Lipinski definition) is 1. The summed E-state index contributed by atoms with van der Waals surface area (Å²) in [6.07, 6.45) is 1.19. The molecule has 1 aliphatic heterocycles. The normalized spacial score (nSPS) is 24.1. The van der Waals surface area contributed by atoms with Gasteiger partial charge in [-0.2, -0.15) is 0 Å². The number of aliphatic imine (C=N–C) groups is 1. The largest absolute Gasteiger partial charge is 0.361 e. The van der Waals surface area contributed by atoms with Crippen molar-refractivity contribution in [1.82, 2.24) is 5.32 Å². The highest BCUT2D eigenvalue weighted by Gasteiger charge is 2.17. The second-order valence-electron chi connectivity index (χ2n) is 3.26. The first-order chi connectivity index (χ1) is 6.88. The van der Waals surface area contributed by atoms with Crippen molar-refractivity contribution in [1.29, 1.82) is 0 Å². The number of hydrogen-bond acceptors (Lipinski definition) is 3. The number of thioether (sulfide) groups is 1. The molecule has 0 amide bonds. The van der Waals surface area contributed by atoms with E-state index in [9.17, 15) is 0 Å². The zero-order valence-electron chi connectivity index (χ0n) is 8.19. The molecule has 0 radical (unpaired) electrons. The van der Waals surface area contributed by atoms with Crippen LogP contribution >= 0.6 is 23.1 Å². The molecule has 4 heteroatoms. The monoisotopic (exact) mass is 226 g/mol. The van der Waals surface area contributed by atoms with Crippen molar-refractivity contribution in [2.75, 3.05) is 5.75 Å². The summed E-state index contributed by atoms with van der Waals surface area (Å²) in [5.41, 5.74) is 0. The number of amidine groups is 1. The van der Waals surface area contributed by atoms with Crippen LogP contribution in [0, 0.1) is 0 Å². The van der Waals surface area contributed by atoms with Gasteiger partial charge in [0.1, 0.15) is 0 Å². The summed E-state index contributed by atoms with van der Waals surface area (Å²) in [6.45, 7) is 3.03. The van der Waals surface area contributed by atoms with Crippen molar-refractivity contribution in [2.45, 2.75) is 25.9 Å². The van der Waals surface area contributed by atoms with E-state index in [4.69, 9.17) is 0 Å². The minimum absolute atomic E-state index is 0.627. The first-order valence-electron chi connectivity index (χ1n) is 4.84. The second kappa shape index (κ2) is 4.84. The highest BCUT2D eigenvalue weighted by Crippen LogP contribution is 2.17. The minimum atomic E-state index is 0.627. The van der Waals surface area contributed by atoms with Crippen LogP contribution in [0.2, 0.25) is 0 Å². The fourth-order valence-electron chi connectivity index (χ4n) is 1.30. The molecule has 1 aliphatic rings. The van der Waals surface area contributed by atoms with Gasteiger partial charge in [-0.25, -0.2) is 0 Å². The Balaban J connectivity index is 1.87. The van der Waals surface area contributed by atoms with Gasteiger partial charge in [0.2, 0.25) is 0 Å². The maximum atomic E-state index is 4.54. The van der Waals surface area contributed by atoms with Crippen LogP contribution in [0.4, 0.5) is 0 Å². The molecule has 0 bridgehead atoms. The number of thiophene rings is 1. The molecule has 2 rings (SSSR count). The van der Waals surface area contributed by atoms with E-state index in [1.807, 2.05) is 11.8 Å². The lowest BCUT2D eigenvalue weighted by molar-refractivity contribution is 0.667. The summed E-state index contributed by atoms with van der Waals surface area (Å²) in [7, 11) is 0. The van der Waals surface area contributed by atoms with E-state index in [-0.39, 0.29) is 0 Å². The summed E-state index contributed by atoms with van der Waals surface area (Å²) in [5.74, 6) is 1.17. The van der Waals surface area contributed by atoms with Crippen LogP contribution in [0.5, 0.6) is 0 Å². The summed E-state index contributed by atoms with van der Waals surface area (Å²) in [4.78, 5) is 5.88. The van der Waals surface area contributed by atoms with Crippen molar-refractivity contribution in [3.05, 3.63) is 22.4 Å². The Bertz CT molecular complexity index is 306. The molecule has 1 atom stereocenters. The van der Waals surface area contributed by atoms with Gasteiger partial charge in [-0.1, -0.05) is 24.8 Å². The van der Waals surface area contributed by atoms with Crippen LogP contribution in [0.1, 0.15) is 18.2 Å². The van der Waals surface area contributed by atoms with Gasteiger partial charge in [-0.3, -0.25) is 4.99 Å². The third-order valence-electron chi connectivity index (χ3n) is 2.20. The number of nitrogens with one attached hydrogen (secondary N) is 1. The predicted molar refractivity (Wildman–Crippen MR) is 65.1 cm³/mol. The lowest BCUT2D eigenvalue weighted by Crippen LogP contribution is -2.25. The van der Waals surface area contributed by atoms with Crippen LogP contribution in [0.3, 0.4) is 0 Å². The zero-order chi connectivity index (χ0) is 9.80. The molecule has 1 saturated heterocycles. The molecule has 0 aliphatic carbocycles. The van der Waals surface area contributed by atoms with E-state index < -0.39 is 0 Å². The Labute approximate surface area is 92.8 Å². The molecule has 1 unspecified atom stereocenters. The third kappa shape index (κ3) is 2.51. The van der Waals surface area contributed by atoms with E-state index >= 15 is 0 Å². The standard InChI is InChI=1S/C10H14N2S2/c1-2-8-7-14-10(12-8)11-6-9-4-3-5-13-9/h3-5,8H,2,6-7H2,1H3,(H,11,12). The average molecular weight is 226 g/mol. The van der Waals surface area contributed by atoms with Crippen molar-refractivity contribution in [3.63, 3.8) is 0 Å². The van der Waals surface area contributed by atoms with Gasteiger partial charge in [0, 0.05) is 16.7 Å². The van der Waals surface area contributed by atoms with Gasteiger partial charge >= 0.3 is 0 Å². The van der Waals surface area contributed by atoms with Gasteiger partial charge in [-0.15, -0.1) is 11.3 Å². The summed E-state index contributed by atoms with van der Waals surface area (Å²) in [5, 5.41) is 6.63. The molecule has 1 aromatic heterocycles. The highest BCUT2D eigenvalue weighted by atomic mass is 32.2. The Morgan fingerprint density at radius 1 is 1.64 bits per heavy atom. The van der Waals surface area contributed by atoms with Gasteiger partial charge < -0.3 is 5.32 Å². The number of nitrogens with zero attached hydrogens (tertiary/aromatic N) is 1. The fourth-order valence-corrected chi connectivity index (χ4v) is 3.01. The molecule has 14 heavy (non-hydrogen) atoms. The Morgan fingerprint density at radius 3 is 3.21 bits per heavy atom. The SMILES string of the molecule is CCC1CSC(=NCc2cccs2)N1. The molecule has 2 nitrogen and oxygen atoms in total. The Kier molecular flexibility index (Phi) is 3.48. The van der Waals surface area contributed by atoms with E-state index in [1.165, 1.54) is 17.1 Å². The van der Waals surface area contributed by atoms with Crippen LogP contribution < -0.4 is 5.32 Å². The van der Waals surface area contributed by atoms with E-state index in [1.54, 1.807) is 11.3 Å². The second-order valence-corrected chi connectivity index (χ2v) is 5.30.